The Morgan fingerprint density at radius 3 is 2.95 bits per heavy atom. The van der Waals surface area contributed by atoms with Crippen molar-refractivity contribution in [2.75, 3.05) is 40.0 Å². The molecule has 1 rings (SSSR count). The minimum atomic E-state index is -0.144. The van der Waals surface area contributed by atoms with Crippen molar-refractivity contribution < 1.29 is 14.3 Å². The lowest BCUT2D eigenvalue weighted by Crippen LogP contribution is -2.52. The highest BCUT2D eigenvalue weighted by atomic mass is 16.5. The third kappa shape index (κ3) is 5.47. The minimum absolute atomic E-state index is 0.105. The van der Waals surface area contributed by atoms with E-state index < -0.39 is 0 Å². The van der Waals surface area contributed by atoms with E-state index in [2.05, 4.69) is 10.2 Å². The number of methoxy groups -OCH3 is 1. The third-order valence-corrected chi connectivity index (χ3v) is 3.66. The molecule has 1 N–H and O–H groups in total. The first-order chi connectivity index (χ1) is 9.20. The summed E-state index contributed by atoms with van der Waals surface area (Å²) in [5.74, 6) is -0.105. The van der Waals surface area contributed by atoms with Crippen LogP contribution in [0.15, 0.2) is 0 Å². The Balaban J connectivity index is 2.44. The van der Waals surface area contributed by atoms with Crippen molar-refractivity contribution in [3.8, 4) is 0 Å². The predicted octanol–water partition coefficient (Wildman–Crippen LogP) is 1.03. The molecular weight excluding hydrogens is 244 g/mol. The first-order valence-corrected chi connectivity index (χ1v) is 7.32. The van der Waals surface area contributed by atoms with E-state index in [1.165, 1.54) is 6.42 Å². The van der Waals surface area contributed by atoms with Crippen LogP contribution in [0, 0.1) is 0 Å². The summed E-state index contributed by atoms with van der Waals surface area (Å²) in [7, 11) is 1.71. The fraction of sp³-hybridized carbons (Fsp3) is 0.929. The molecule has 1 saturated heterocycles. The predicted molar refractivity (Wildman–Crippen MR) is 75.2 cm³/mol. The summed E-state index contributed by atoms with van der Waals surface area (Å²) in [4.78, 5) is 14.1. The van der Waals surface area contributed by atoms with E-state index in [4.69, 9.17) is 9.47 Å². The number of nitrogens with one attached hydrogen (secondary N) is 1. The topological polar surface area (TPSA) is 50.8 Å². The molecule has 1 heterocycles. The number of nitrogens with zero attached hydrogens (tertiary/aromatic N) is 1. The summed E-state index contributed by atoms with van der Waals surface area (Å²) in [6, 6.07) is 0.277. The molecule has 0 aliphatic carbocycles. The van der Waals surface area contributed by atoms with Gasteiger partial charge in [-0.05, 0) is 33.2 Å². The molecule has 112 valence electrons. The Bertz CT molecular complexity index is 261. The second-order valence-corrected chi connectivity index (χ2v) is 5.01. The zero-order valence-electron chi connectivity index (χ0n) is 12.5. The Kier molecular flexibility index (Phi) is 8.02. The number of esters is 1. The van der Waals surface area contributed by atoms with Crippen LogP contribution < -0.4 is 5.32 Å². The van der Waals surface area contributed by atoms with Gasteiger partial charge in [-0.2, -0.15) is 0 Å². The van der Waals surface area contributed by atoms with E-state index in [0.29, 0.717) is 12.6 Å². The molecule has 0 spiro atoms. The van der Waals surface area contributed by atoms with Gasteiger partial charge in [-0.25, -0.2) is 0 Å². The minimum Gasteiger partial charge on any atom is -0.465 e. The Morgan fingerprint density at radius 1 is 1.47 bits per heavy atom. The second kappa shape index (κ2) is 9.28. The molecule has 1 fully saturated rings. The molecule has 0 aromatic carbocycles. The van der Waals surface area contributed by atoms with Gasteiger partial charge in [0, 0.05) is 26.2 Å². The maximum absolute atomic E-state index is 11.9. The van der Waals surface area contributed by atoms with E-state index in [1.807, 2.05) is 13.8 Å². The lowest BCUT2D eigenvalue weighted by Gasteiger charge is -2.38. The summed E-state index contributed by atoms with van der Waals surface area (Å²) in [5, 5.41) is 3.39. The molecule has 0 radical (unpaired) electrons. The number of ether oxygens (including phenoxy) is 2. The highest BCUT2D eigenvalue weighted by Crippen LogP contribution is 2.19. The molecule has 5 nitrogen and oxygen atoms in total. The van der Waals surface area contributed by atoms with Crippen molar-refractivity contribution in [2.24, 2.45) is 0 Å². The average molecular weight is 272 g/mol. The van der Waals surface area contributed by atoms with E-state index >= 15 is 0 Å². The van der Waals surface area contributed by atoms with E-state index in [9.17, 15) is 4.79 Å². The van der Waals surface area contributed by atoms with Gasteiger partial charge in [-0.3, -0.25) is 9.69 Å². The fourth-order valence-electron chi connectivity index (χ4n) is 2.59. The number of hydrogen-bond donors (Lipinski definition) is 1. The monoisotopic (exact) mass is 272 g/mol. The summed E-state index contributed by atoms with van der Waals surface area (Å²) in [5.41, 5.74) is 0. The number of carbonyl (C=O) groups is 1. The lowest BCUT2D eigenvalue weighted by atomic mass is 10.00. The van der Waals surface area contributed by atoms with Gasteiger partial charge in [0.1, 0.15) is 6.04 Å². The van der Waals surface area contributed by atoms with Gasteiger partial charge >= 0.3 is 5.97 Å². The fourth-order valence-corrected chi connectivity index (χ4v) is 2.59. The zero-order chi connectivity index (χ0) is 14.1. The van der Waals surface area contributed by atoms with Crippen LogP contribution in [-0.4, -0.2) is 62.9 Å². The van der Waals surface area contributed by atoms with Gasteiger partial charge in [0.15, 0.2) is 0 Å². The highest BCUT2D eigenvalue weighted by molar-refractivity contribution is 5.75. The maximum Gasteiger partial charge on any atom is 0.323 e. The summed E-state index contributed by atoms with van der Waals surface area (Å²) in [6.45, 7) is 7.72. The largest absolute Gasteiger partial charge is 0.465 e. The van der Waals surface area contributed by atoms with Crippen LogP contribution in [-0.2, 0) is 14.3 Å². The van der Waals surface area contributed by atoms with Gasteiger partial charge in [-0.15, -0.1) is 0 Å². The van der Waals surface area contributed by atoms with Crippen molar-refractivity contribution in [1.82, 2.24) is 10.2 Å². The number of hydrogen-bond acceptors (Lipinski definition) is 5. The summed E-state index contributed by atoms with van der Waals surface area (Å²) >= 11 is 0. The Morgan fingerprint density at radius 2 is 2.26 bits per heavy atom. The van der Waals surface area contributed by atoms with Crippen molar-refractivity contribution in [1.29, 1.82) is 0 Å². The standard InChI is InChI=1S/C14H28N2O3/c1-4-19-14(17)12(2)16-9-6-5-7-13(16)11-15-8-10-18-3/h12-13,15H,4-11H2,1-3H3. The van der Waals surface area contributed by atoms with Crippen LogP contribution in [0.4, 0.5) is 0 Å². The first-order valence-electron chi connectivity index (χ1n) is 7.32. The first kappa shape index (κ1) is 16.4. The maximum atomic E-state index is 11.9. The van der Waals surface area contributed by atoms with Crippen LogP contribution in [0.5, 0.6) is 0 Å². The summed E-state index contributed by atoms with van der Waals surface area (Å²) < 4.78 is 10.2. The molecule has 2 unspecified atom stereocenters. The number of likely N-dealkylation sites (tertiary alicyclic amines) is 1. The SMILES string of the molecule is CCOC(=O)C(C)N1CCCCC1CNCCOC. The molecular formula is C14H28N2O3. The van der Waals surface area contributed by atoms with Crippen molar-refractivity contribution in [2.45, 2.75) is 45.2 Å². The molecule has 1 aliphatic heterocycles. The lowest BCUT2D eigenvalue weighted by molar-refractivity contribution is -0.150. The van der Waals surface area contributed by atoms with Crippen LogP contribution in [0.1, 0.15) is 33.1 Å². The number of carbonyl (C=O) groups excluding carboxylic acids is 1. The smallest absolute Gasteiger partial charge is 0.323 e. The second-order valence-electron chi connectivity index (χ2n) is 5.01. The molecule has 0 bridgehead atoms. The normalized spacial score (nSPS) is 22.2. The molecule has 19 heavy (non-hydrogen) atoms. The zero-order valence-corrected chi connectivity index (χ0v) is 12.5. The average Bonchev–Trinajstić information content (AvgIpc) is 2.43. The Labute approximate surface area is 116 Å². The van der Waals surface area contributed by atoms with Gasteiger partial charge in [0.05, 0.1) is 13.2 Å². The highest BCUT2D eigenvalue weighted by Gasteiger charge is 2.30. The van der Waals surface area contributed by atoms with Gasteiger partial charge < -0.3 is 14.8 Å². The van der Waals surface area contributed by atoms with Gasteiger partial charge in [0.2, 0.25) is 0 Å². The molecule has 0 aromatic rings. The van der Waals surface area contributed by atoms with Crippen molar-refractivity contribution >= 4 is 5.97 Å². The molecule has 1 aliphatic rings. The van der Waals surface area contributed by atoms with Gasteiger partial charge in [-0.1, -0.05) is 6.42 Å². The summed E-state index contributed by atoms with van der Waals surface area (Å²) in [6.07, 6.45) is 3.55. The van der Waals surface area contributed by atoms with E-state index in [-0.39, 0.29) is 12.0 Å². The Hall–Kier alpha value is -0.650. The molecule has 5 heteroatoms. The van der Waals surface area contributed by atoms with Gasteiger partial charge in [0.25, 0.3) is 0 Å². The number of piperidine rings is 1. The van der Waals surface area contributed by atoms with Crippen molar-refractivity contribution in [3.05, 3.63) is 0 Å². The quantitative estimate of drug-likeness (QED) is 0.528. The van der Waals surface area contributed by atoms with Crippen LogP contribution >= 0.6 is 0 Å². The van der Waals surface area contributed by atoms with Crippen LogP contribution in [0.25, 0.3) is 0 Å². The molecule has 2 atom stereocenters. The van der Waals surface area contributed by atoms with Crippen LogP contribution in [0.3, 0.4) is 0 Å². The van der Waals surface area contributed by atoms with E-state index in [0.717, 1.165) is 39.1 Å². The molecule has 0 saturated carbocycles. The number of rotatable bonds is 8. The molecule has 0 aromatic heterocycles. The van der Waals surface area contributed by atoms with E-state index in [1.54, 1.807) is 7.11 Å². The third-order valence-electron chi connectivity index (χ3n) is 3.66. The molecule has 0 amide bonds. The van der Waals surface area contributed by atoms with Crippen molar-refractivity contribution in [3.63, 3.8) is 0 Å². The van der Waals surface area contributed by atoms with Crippen LogP contribution in [0.2, 0.25) is 0 Å².